The molecule has 0 heterocycles. The van der Waals surface area contributed by atoms with Crippen LogP contribution in [0.5, 0.6) is 0 Å². The molecule has 0 aromatic heterocycles. The predicted octanol–water partition coefficient (Wildman–Crippen LogP) is 5.98. The zero-order valence-electron chi connectivity index (χ0n) is 11.3. The fourth-order valence-corrected chi connectivity index (χ4v) is 2.58. The Morgan fingerprint density at radius 3 is 1.95 bits per heavy atom. The fourth-order valence-electron chi connectivity index (χ4n) is 2.29. The first kappa shape index (κ1) is 13.0. The monoisotopic (exact) mass is 278 g/mol. The lowest BCUT2D eigenvalue weighted by Crippen LogP contribution is -1.83. The number of rotatable bonds is 2. The van der Waals surface area contributed by atoms with Gasteiger partial charge in [-0.05, 0) is 29.7 Å². The Hall–Kier alpha value is -2.05. The number of benzene rings is 3. The van der Waals surface area contributed by atoms with E-state index < -0.39 is 0 Å². The number of hydrogen-bond acceptors (Lipinski definition) is 0. The highest BCUT2D eigenvalue weighted by atomic mass is 35.5. The van der Waals surface area contributed by atoms with Crippen molar-refractivity contribution >= 4 is 11.6 Å². The maximum Gasteiger partial charge on any atom is 0.0490 e. The average Bonchev–Trinajstić information content (AvgIpc) is 2.49. The van der Waals surface area contributed by atoms with Crippen LogP contribution < -0.4 is 0 Å². The molecule has 0 spiro atoms. The summed E-state index contributed by atoms with van der Waals surface area (Å²) in [5.41, 5.74) is 5.81. The van der Waals surface area contributed by atoms with Gasteiger partial charge < -0.3 is 0 Å². The Labute approximate surface area is 124 Å². The van der Waals surface area contributed by atoms with Gasteiger partial charge in [-0.15, -0.1) is 0 Å². The zero-order chi connectivity index (χ0) is 13.9. The van der Waals surface area contributed by atoms with Crippen molar-refractivity contribution in [2.75, 3.05) is 0 Å². The van der Waals surface area contributed by atoms with Gasteiger partial charge in [0.05, 0.1) is 0 Å². The number of hydrogen-bond donors (Lipinski definition) is 0. The van der Waals surface area contributed by atoms with Crippen LogP contribution >= 0.6 is 11.6 Å². The summed E-state index contributed by atoms with van der Waals surface area (Å²) in [6.07, 6.45) is 0. The molecule has 3 rings (SSSR count). The van der Waals surface area contributed by atoms with Gasteiger partial charge in [-0.3, -0.25) is 0 Å². The minimum absolute atomic E-state index is 0.787. The van der Waals surface area contributed by atoms with Crippen molar-refractivity contribution < 1.29 is 0 Å². The molecule has 0 N–H and O–H groups in total. The minimum atomic E-state index is 0.787. The summed E-state index contributed by atoms with van der Waals surface area (Å²) in [4.78, 5) is 0. The molecule has 98 valence electrons. The van der Waals surface area contributed by atoms with Gasteiger partial charge in [0.1, 0.15) is 0 Å². The quantitative estimate of drug-likeness (QED) is 0.541. The van der Waals surface area contributed by atoms with Crippen molar-refractivity contribution in [1.82, 2.24) is 0 Å². The van der Waals surface area contributed by atoms with E-state index in [0.29, 0.717) is 0 Å². The van der Waals surface area contributed by atoms with Crippen molar-refractivity contribution in [1.29, 1.82) is 0 Å². The van der Waals surface area contributed by atoms with Crippen molar-refractivity contribution in [3.05, 3.63) is 83.4 Å². The van der Waals surface area contributed by atoms with Crippen molar-refractivity contribution in [3.8, 4) is 22.3 Å². The molecule has 0 atom stereocenters. The van der Waals surface area contributed by atoms with Gasteiger partial charge in [-0.1, -0.05) is 83.9 Å². The summed E-state index contributed by atoms with van der Waals surface area (Å²) in [7, 11) is 0. The summed E-state index contributed by atoms with van der Waals surface area (Å²) in [6, 6.07) is 25.0. The van der Waals surface area contributed by atoms with Crippen molar-refractivity contribution in [2.45, 2.75) is 6.92 Å². The van der Waals surface area contributed by atoms with Gasteiger partial charge in [-0.2, -0.15) is 0 Å². The van der Waals surface area contributed by atoms with E-state index in [1.807, 2.05) is 24.3 Å². The summed E-state index contributed by atoms with van der Waals surface area (Å²) in [5.74, 6) is 0. The van der Waals surface area contributed by atoms with Crippen molar-refractivity contribution in [3.63, 3.8) is 0 Å². The van der Waals surface area contributed by atoms with Crippen LogP contribution in [-0.2, 0) is 0 Å². The fraction of sp³-hybridized carbons (Fsp3) is 0.0526. The third-order valence-corrected chi connectivity index (χ3v) is 3.75. The van der Waals surface area contributed by atoms with E-state index in [4.69, 9.17) is 11.6 Å². The molecule has 0 radical (unpaired) electrons. The Balaban J connectivity index is 2.02. The van der Waals surface area contributed by atoms with Crippen LogP contribution in [0.3, 0.4) is 0 Å². The lowest BCUT2D eigenvalue weighted by molar-refractivity contribution is 1.47. The highest BCUT2D eigenvalue weighted by molar-refractivity contribution is 6.33. The smallest absolute Gasteiger partial charge is 0.0490 e. The maximum atomic E-state index is 6.45. The molecule has 0 fully saturated rings. The average molecular weight is 279 g/mol. The number of aryl methyl sites for hydroxylation is 1. The van der Waals surface area contributed by atoms with Crippen LogP contribution in [-0.4, -0.2) is 0 Å². The maximum absolute atomic E-state index is 6.45. The van der Waals surface area contributed by atoms with E-state index in [-0.39, 0.29) is 0 Å². The highest BCUT2D eigenvalue weighted by Crippen LogP contribution is 2.32. The standard InChI is InChI=1S/C19H15Cl/c1-14-7-9-16(10-8-14)18-12-11-17(13-19(18)20)15-5-3-2-4-6-15/h2-13H,1H3. The van der Waals surface area contributed by atoms with Gasteiger partial charge in [0, 0.05) is 10.6 Å². The Morgan fingerprint density at radius 2 is 1.30 bits per heavy atom. The van der Waals surface area contributed by atoms with Crippen LogP contribution in [0.4, 0.5) is 0 Å². The topological polar surface area (TPSA) is 0 Å². The largest absolute Gasteiger partial charge is 0.0836 e. The third-order valence-electron chi connectivity index (χ3n) is 3.44. The van der Waals surface area contributed by atoms with Gasteiger partial charge >= 0.3 is 0 Å². The second-order valence-corrected chi connectivity index (χ2v) is 5.33. The second kappa shape index (κ2) is 5.52. The molecule has 1 heteroatoms. The van der Waals surface area contributed by atoms with Crippen LogP contribution in [0.2, 0.25) is 5.02 Å². The molecule has 0 saturated heterocycles. The SMILES string of the molecule is Cc1ccc(-c2ccc(-c3ccccc3)cc2Cl)cc1. The van der Waals surface area contributed by atoms with Gasteiger partial charge in [0.15, 0.2) is 0 Å². The highest BCUT2D eigenvalue weighted by Gasteiger charge is 2.05. The Bertz CT molecular complexity index is 713. The Kier molecular flexibility index (Phi) is 3.58. The molecule has 3 aromatic carbocycles. The molecule has 0 aliphatic carbocycles. The van der Waals surface area contributed by atoms with E-state index in [1.165, 1.54) is 11.1 Å². The molecule has 3 aromatic rings. The first-order valence-electron chi connectivity index (χ1n) is 6.66. The van der Waals surface area contributed by atoms with Crippen LogP contribution in [0.1, 0.15) is 5.56 Å². The zero-order valence-corrected chi connectivity index (χ0v) is 12.1. The molecule has 0 amide bonds. The summed E-state index contributed by atoms with van der Waals surface area (Å²) >= 11 is 6.45. The van der Waals surface area contributed by atoms with E-state index in [9.17, 15) is 0 Å². The Morgan fingerprint density at radius 1 is 0.650 bits per heavy atom. The lowest BCUT2D eigenvalue weighted by Gasteiger charge is -2.08. The van der Waals surface area contributed by atoms with E-state index >= 15 is 0 Å². The molecular weight excluding hydrogens is 264 g/mol. The van der Waals surface area contributed by atoms with E-state index in [2.05, 4.69) is 55.5 Å². The third kappa shape index (κ3) is 2.61. The van der Waals surface area contributed by atoms with Gasteiger partial charge in [0.25, 0.3) is 0 Å². The van der Waals surface area contributed by atoms with Crippen LogP contribution in [0.15, 0.2) is 72.8 Å². The lowest BCUT2D eigenvalue weighted by atomic mass is 9.99. The normalized spacial score (nSPS) is 10.5. The predicted molar refractivity (Wildman–Crippen MR) is 87.1 cm³/mol. The van der Waals surface area contributed by atoms with Gasteiger partial charge in [0.2, 0.25) is 0 Å². The summed E-state index contributed by atoms with van der Waals surface area (Å²) in [6.45, 7) is 2.09. The first-order chi connectivity index (χ1) is 9.74. The van der Waals surface area contributed by atoms with E-state index in [0.717, 1.165) is 21.7 Å². The molecule has 0 aliphatic heterocycles. The van der Waals surface area contributed by atoms with Crippen LogP contribution in [0.25, 0.3) is 22.3 Å². The molecule has 0 bridgehead atoms. The summed E-state index contributed by atoms with van der Waals surface area (Å²) in [5, 5.41) is 0.787. The molecule has 0 saturated carbocycles. The molecule has 20 heavy (non-hydrogen) atoms. The van der Waals surface area contributed by atoms with Crippen molar-refractivity contribution in [2.24, 2.45) is 0 Å². The first-order valence-corrected chi connectivity index (χ1v) is 7.04. The van der Waals surface area contributed by atoms with Gasteiger partial charge in [-0.25, -0.2) is 0 Å². The molecule has 0 unspecified atom stereocenters. The molecule has 0 nitrogen and oxygen atoms in total. The molecular formula is C19H15Cl. The van der Waals surface area contributed by atoms with Crippen LogP contribution in [0, 0.1) is 6.92 Å². The van der Waals surface area contributed by atoms with E-state index in [1.54, 1.807) is 0 Å². The molecule has 0 aliphatic rings. The minimum Gasteiger partial charge on any atom is -0.0836 e. The second-order valence-electron chi connectivity index (χ2n) is 4.93. The summed E-state index contributed by atoms with van der Waals surface area (Å²) < 4.78 is 0. The number of halogens is 1.